The molecule has 2 N–H and O–H groups in total. The van der Waals surface area contributed by atoms with Crippen LogP contribution in [0, 0.1) is 11.8 Å². The molecule has 2 amide bonds. The first-order valence-electron chi connectivity index (χ1n) is 9.22. The number of amides is 2. The van der Waals surface area contributed by atoms with Gasteiger partial charge in [-0.15, -0.1) is 0 Å². The van der Waals surface area contributed by atoms with Crippen molar-refractivity contribution in [3.8, 4) is 5.75 Å². The van der Waals surface area contributed by atoms with E-state index in [2.05, 4.69) is 16.3 Å². The Hall–Kier alpha value is -2.44. The highest BCUT2D eigenvalue weighted by molar-refractivity contribution is 5.75. The minimum Gasteiger partial charge on any atom is -0.495 e. The third-order valence-electron chi connectivity index (χ3n) is 5.39. The summed E-state index contributed by atoms with van der Waals surface area (Å²) in [5.41, 5.74) is 1.10. The lowest BCUT2D eigenvalue weighted by Crippen LogP contribution is -2.46. The summed E-state index contributed by atoms with van der Waals surface area (Å²) in [5, 5.41) is 12.1. The highest BCUT2D eigenvalue weighted by Gasteiger charge is 2.28. The number of methoxy groups -OCH3 is 1. The number of rotatable bonds is 5. The quantitative estimate of drug-likeness (QED) is 0.839. The number of carboxylic acid groups (broad SMARTS) is 1. The van der Waals surface area contributed by atoms with E-state index in [9.17, 15) is 9.59 Å². The Bertz CT molecular complexity index is 643. The molecule has 2 aliphatic rings. The predicted octanol–water partition coefficient (Wildman–Crippen LogP) is 2.03. The van der Waals surface area contributed by atoms with Crippen LogP contribution in [0.1, 0.15) is 19.3 Å². The zero-order valence-electron chi connectivity index (χ0n) is 15.2. The number of para-hydroxylation sites is 2. The van der Waals surface area contributed by atoms with Crippen LogP contribution in [0.15, 0.2) is 24.3 Å². The van der Waals surface area contributed by atoms with Gasteiger partial charge in [-0.05, 0) is 37.3 Å². The van der Waals surface area contributed by atoms with Crippen molar-refractivity contribution in [3.05, 3.63) is 24.3 Å². The third kappa shape index (κ3) is 4.20. The maximum atomic E-state index is 12.3. The van der Waals surface area contributed by atoms with E-state index in [1.807, 2.05) is 18.2 Å². The standard InChI is InChI=1S/C19H27N3O4/c1-26-17-5-3-2-4-16(17)22-9-6-14(13-22)12-20-19(25)21-10-7-15(8-11-21)18(23)24/h2-5,14-15H,6-13H2,1H3,(H,20,25)(H,23,24). The SMILES string of the molecule is COc1ccccc1N1CCC(CNC(=O)N2CCC(C(=O)O)CC2)C1. The Kier molecular flexibility index (Phi) is 5.85. The molecule has 0 spiro atoms. The van der Waals surface area contributed by atoms with E-state index in [1.165, 1.54) is 0 Å². The van der Waals surface area contributed by atoms with Crippen molar-refractivity contribution in [3.63, 3.8) is 0 Å². The molecular formula is C19H27N3O4. The molecule has 1 atom stereocenters. The zero-order chi connectivity index (χ0) is 18.5. The number of aliphatic carboxylic acids is 1. The first-order valence-corrected chi connectivity index (χ1v) is 9.22. The number of carbonyl (C=O) groups excluding carboxylic acids is 1. The van der Waals surface area contributed by atoms with Gasteiger partial charge in [0.05, 0.1) is 18.7 Å². The van der Waals surface area contributed by atoms with E-state index in [0.29, 0.717) is 38.4 Å². The zero-order valence-corrected chi connectivity index (χ0v) is 15.2. The van der Waals surface area contributed by atoms with Gasteiger partial charge in [0.2, 0.25) is 0 Å². The molecule has 2 aliphatic heterocycles. The number of nitrogens with one attached hydrogen (secondary N) is 1. The van der Waals surface area contributed by atoms with E-state index < -0.39 is 5.97 Å². The van der Waals surface area contributed by atoms with Crippen LogP contribution < -0.4 is 15.0 Å². The van der Waals surface area contributed by atoms with Crippen LogP contribution in [-0.4, -0.2) is 61.8 Å². The molecule has 0 bridgehead atoms. The summed E-state index contributed by atoms with van der Waals surface area (Å²) in [6, 6.07) is 7.92. The van der Waals surface area contributed by atoms with E-state index >= 15 is 0 Å². The first kappa shape index (κ1) is 18.4. The maximum absolute atomic E-state index is 12.3. The van der Waals surface area contributed by atoms with Gasteiger partial charge in [-0.2, -0.15) is 0 Å². The van der Waals surface area contributed by atoms with Crippen LogP contribution in [-0.2, 0) is 4.79 Å². The van der Waals surface area contributed by atoms with E-state index in [1.54, 1.807) is 12.0 Å². The largest absolute Gasteiger partial charge is 0.495 e. The molecule has 0 radical (unpaired) electrons. The number of likely N-dealkylation sites (tertiary alicyclic amines) is 1. The molecule has 0 aromatic heterocycles. The van der Waals surface area contributed by atoms with E-state index in [-0.39, 0.29) is 11.9 Å². The molecule has 1 aromatic carbocycles. The topological polar surface area (TPSA) is 82.1 Å². The summed E-state index contributed by atoms with van der Waals surface area (Å²) >= 11 is 0. The van der Waals surface area contributed by atoms with Gasteiger partial charge < -0.3 is 25.0 Å². The van der Waals surface area contributed by atoms with Crippen molar-refractivity contribution in [1.29, 1.82) is 0 Å². The number of anilines is 1. The number of piperidine rings is 1. The van der Waals surface area contributed by atoms with E-state index in [0.717, 1.165) is 30.9 Å². The van der Waals surface area contributed by atoms with Crippen molar-refractivity contribution < 1.29 is 19.4 Å². The van der Waals surface area contributed by atoms with Crippen molar-refractivity contribution in [2.24, 2.45) is 11.8 Å². The second-order valence-corrected chi connectivity index (χ2v) is 7.06. The van der Waals surface area contributed by atoms with Crippen LogP contribution in [0.2, 0.25) is 0 Å². The van der Waals surface area contributed by atoms with Crippen LogP contribution in [0.4, 0.5) is 10.5 Å². The number of nitrogens with zero attached hydrogens (tertiary/aromatic N) is 2. The lowest BCUT2D eigenvalue weighted by Gasteiger charge is -2.30. The smallest absolute Gasteiger partial charge is 0.317 e. The van der Waals surface area contributed by atoms with Gasteiger partial charge in [-0.1, -0.05) is 12.1 Å². The van der Waals surface area contributed by atoms with Gasteiger partial charge in [0.1, 0.15) is 5.75 Å². The number of carbonyl (C=O) groups is 2. The van der Waals surface area contributed by atoms with E-state index in [4.69, 9.17) is 9.84 Å². The normalized spacial score (nSPS) is 20.9. The molecule has 7 heteroatoms. The fourth-order valence-corrected chi connectivity index (χ4v) is 3.78. The highest BCUT2D eigenvalue weighted by Crippen LogP contribution is 2.31. The number of hydrogen-bond donors (Lipinski definition) is 2. The van der Waals surface area contributed by atoms with Crippen molar-refractivity contribution >= 4 is 17.7 Å². The Balaban J connectivity index is 1.45. The van der Waals surface area contributed by atoms with Gasteiger partial charge in [0.15, 0.2) is 0 Å². The summed E-state index contributed by atoms with van der Waals surface area (Å²) in [5.74, 6) is 0.203. The molecule has 2 saturated heterocycles. The summed E-state index contributed by atoms with van der Waals surface area (Å²) < 4.78 is 5.44. The molecule has 2 fully saturated rings. The Morgan fingerprint density at radius 3 is 2.62 bits per heavy atom. The molecule has 7 nitrogen and oxygen atoms in total. The maximum Gasteiger partial charge on any atom is 0.317 e. The molecule has 1 unspecified atom stereocenters. The minimum atomic E-state index is -0.757. The second-order valence-electron chi connectivity index (χ2n) is 7.06. The van der Waals surface area contributed by atoms with Crippen LogP contribution >= 0.6 is 0 Å². The first-order chi connectivity index (χ1) is 12.6. The number of benzene rings is 1. The van der Waals surface area contributed by atoms with Gasteiger partial charge in [0, 0.05) is 32.7 Å². The molecule has 0 aliphatic carbocycles. The Morgan fingerprint density at radius 1 is 1.19 bits per heavy atom. The van der Waals surface area contributed by atoms with Crippen molar-refractivity contribution in [2.75, 3.05) is 44.7 Å². The fourth-order valence-electron chi connectivity index (χ4n) is 3.78. The second kappa shape index (κ2) is 8.29. The molecule has 2 heterocycles. The summed E-state index contributed by atoms with van der Waals surface area (Å²) in [6.45, 7) is 3.51. The van der Waals surface area contributed by atoms with Gasteiger partial charge in [0.25, 0.3) is 0 Å². The fraction of sp³-hybridized carbons (Fsp3) is 0.579. The monoisotopic (exact) mass is 361 g/mol. The molecule has 142 valence electrons. The minimum absolute atomic E-state index is 0.0791. The van der Waals surface area contributed by atoms with Gasteiger partial charge in [-0.3, -0.25) is 4.79 Å². The number of ether oxygens (including phenoxy) is 1. The average Bonchev–Trinajstić information content (AvgIpc) is 3.15. The highest BCUT2D eigenvalue weighted by atomic mass is 16.5. The van der Waals surface area contributed by atoms with Crippen LogP contribution in [0.3, 0.4) is 0 Å². The Labute approximate surface area is 153 Å². The summed E-state index contributed by atoms with van der Waals surface area (Å²) in [7, 11) is 1.68. The average molecular weight is 361 g/mol. The molecule has 0 saturated carbocycles. The number of hydrogen-bond acceptors (Lipinski definition) is 4. The lowest BCUT2D eigenvalue weighted by atomic mass is 9.97. The van der Waals surface area contributed by atoms with Crippen molar-refractivity contribution in [1.82, 2.24) is 10.2 Å². The summed E-state index contributed by atoms with van der Waals surface area (Å²) in [4.78, 5) is 27.3. The van der Waals surface area contributed by atoms with Crippen LogP contribution in [0.25, 0.3) is 0 Å². The van der Waals surface area contributed by atoms with Gasteiger partial charge in [-0.25, -0.2) is 4.79 Å². The lowest BCUT2D eigenvalue weighted by molar-refractivity contribution is -0.143. The molecule has 26 heavy (non-hydrogen) atoms. The summed E-state index contributed by atoms with van der Waals surface area (Å²) in [6.07, 6.45) is 2.10. The third-order valence-corrected chi connectivity index (χ3v) is 5.39. The molecule has 1 aromatic rings. The predicted molar refractivity (Wildman–Crippen MR) is 98.6 cm³/mol. The molecule has 3 rings (SSSR count). The number of urea groups is 1. The van der Waals surface area contributed by atoms with Crippen LogP contribution in [0.5, 0.6) is 5.75 Å². The number of carboxylic acids is 1. The van der Waals surface area contributed by atoms with Gasteiger partial charge >= 0.3 is 12.0 Å². The molecular weight excluding hydrogens is 334 g/mol. The van der Waals surface area contributed by atoms with Crippen molar-refractivity contribution in [2.45, 2.75) is 19.3 Å². The Morgan fingerprint density at radius 2 is 1.92 bits per heavy atom.